The lowest BCUT2D eigenvalue weighted by molar-refractivity contribution is 0.356. The van der Waals surface area contributed by atoms with Gasteiger partial charge in [0.05, 0.1) is 6.61 Å². The van der Waals surface area contributed by atoms with Gasteiger partial charge in [-0.2, -0.15) is 0 Å². The van der Waals surface area contributed by atoms with Crippen LogP contribution in [-0.2, 0) is 12.8 Å². The van der Waals surface area contributed by atoms with E-state index in [2.05, 4.69) is 4.98 Å². The fraction of sp³-hybridized carbons (Fsp3) is 0.583. The first kappa shape index (κ1) is 9.16. The van der Waals surface area contributed by atoms with Gasteiger partial charge in [0, 0.05) is 29.4 Å². The Morgan fingerprint density at radius 2 is 2.33 bits per heavy atom. The molecular weight excluding hydrogens is 188 g/mol. The Balaban J connectivity index is 1.77. The van der Waals surface area contributed by atoms with E-state index in [9.17, 15) is 0 Å². The lowest BCUT2D eigenvalue weighted by Gasteiger charge is -2.09. The lowest BCUT2D eigenvalue weighted by Crippen LogP contribution is -2.22. The highest BCUT2D eigenvalue weighted by Crippen LogP contribution is 2.37. The average Bonchev–Trinajstić information content (AvgIpc) is 2.80. The van der Waals surface area contributed by atoms with E-state index < -0.39 is 0 Å². The van der Waals surface area contributed by atoms with Crippen molar-refractivity contribution in [2.24, 2.45) is 5.73 Å². The van der Waals surface area contributed by atoms with Crippen molar-refractivity contribution in [3.8, 4) is 5.75 Å². The van der Waals surface area contributed by atoms with E-state index in [1.165, 1.54) is 24.1 Å². The fourth-order valence-corrected chi connectivity index (χ4v) is 2.17. The van der Waals surface area contributed by atoms with Crippen LogP contribution in [0, 0.1) is 0 Å². The van der Waals surface area contributed by atoms with E-state index in [1.54, 1.807) is 0 Å². The first-order valence-corrected chi connectivity index (χ1v) is 5.65. The van der Waals surface area contributed by atoms with Gasteiger partial charge in [0.25, 0.3) is 0 Å². The van der Waals surface area contributed by atoms with Crippen LogP contribution < -0.4 is 10.5 Å². The number of hydrogen-bond donors (Lipinski definition) is 1. The molecule has 3 rings (SSSR count). The minimum Gasteiger partial charge on any atom is -0.493 e. The molecule has 1 fully saturated rings. The van der Waals surface area contributed by atoms with Crippen molar-refractivity contribution in [2.45, 2.75) is 37.6 Å². The SMILES string of the molecule is NC1(CCc2nccc3c2CCO3)CC1. The summed E-state index contributed by atoms with van der Waals surface area (Å²) in [6.45, 7) is 0.807. The van der Waals surface area contributed by atoms with Crippen LogP contribution in [0.4, 0.5) is 0 Å². The Bertz CT molecular complexity index is 385. The second-order valence-corrected chi connectivity index (χ2v) is 4.70. The molecule has 0 radical (unpaired) electrons. The summed E-state index contributed by atoms with van der Waals surface area (Å²) in [6.07, 6.45) is 7.28. The summed E-state index contributed by atoms with van der Waals surface area (Å²) in [4.78, 5) is 4.45. The molecule has 1 aliphatic heterocycles. The summed E-state index contributed by atoms with van der Waals surface area (Å²) >= 11 is 0. The fourth-order valence-electron chi connectivity index (χ4n) is 2.17. The third-order valence-corrected chi connectivity index (χ3v) is 3.46. The van der Waals surface area contributed by atoms with Crippen molar-refractivity contribution in [3.05, 3.63) is 23.5 Å². The zero-order valence-electron chi connectivity index (χ0n) is 8.83. The van der Waals surface area contributed by atoms with Crippen LogP contribution in [0.1, 0.15) is 30.5 Å². The van der Waals surface area contributed by atoms with Crippen LogP contribution in [0.15, 0.2) is 12.3 Å². The predicted molar refractivity (Wildman–Crippen MR) is 57.9 cm³/mol. The Kier molecular flexibility index (Phi) is 1.96. The Morgan fingerprint density at radius 3 is 3.13 bits per heavy atom. The molecule has 2 heterocycles. The third-order valence-electron chi connectivity index (χ3n) is 3.46. The van der Waals surface area contributed by atoms with Crippen LogP contribution in [0.25, 0.3) is 0 Å². The Morgan fingerprint density at radius 1 is 1.47 bits per heavy atom. The van der Waals surface area contributed by atoms with E-state index in [0.29, 0.717) is 0 Å². The molecule has 0 unspecified atom stereocenters. The number of aromatic nitrogens is 1. The van der Waals surface area contributed by atoms with Crippen LogP contribution in [0.5, 0.6) is 5.75 Å². The maximum absolute atomic E-state index is 6.08. The summed E-state index contributed by atoms with van der Waals surface area (Å²) in [5, 5.41) is 0. The minimum absolute atomic E-state index is 0.129. The molecule has 0 saturated heterocycles. The summed E-state index contributed by atoms with van der Waals surface area (Å²) in [7, 11) is 0. The monoisotopic (exact) mass is 204 g/mol. The van der Waals surface area contributed by atoms with E-state index >= 15 is 0 Å². The second-order valence-electron chi connectivity index (χ2n) is 4.70. The molecule has 2 aliphatic rings. The van der Waals surface area contributed by atoms with Gasteiger partial charge in [0.1, 0.15) is 5.75 Å². The van der Waals surface area contributed by atoms with Crippen molar-refractivity contribution in [1.29, 1.82) is 0 Å². The van der Waals surface area contributed by atoms with Crippen molar-refractivity contribution in [3.63, 3.8) is 0 Å². The maximum Gasteiger partial charge on any atom is 0.125 e. The Hall–Kier alpha value is -1.09. The molecule has 1 aliphatic carbocycles. The number of nitrogens with zero attached hydrogens (tertiary/aromatic N) is 1. The lowest BCUT2D eigenvalue weighted by atomic mass is 10.0. The van der Waals surface area contributed by atoms with Crippen LogP contribution in [0.3, 0.4) is 0 Å². The summed E-state index contributed by atoms with van der Waals surface area (Å²) in [6, 6.07) is 1.96. The van der Waals surface area contributed by atoms with Gasteiger partial charge in [-0.25, -0.2) is 0 Å². The molecule has 0 bridgehead atoms. The minimum atomic E-state index is 0.129. The van der Waals surface area contributed by atoms with E-state index in [4.69, 9.17) is 10.5 Å². The first-order chi connectivity index (χ1) is 7.27. The number of ether oxygens (including phenoxy) is 1. The quantitative estimate of drug-likeness (QED) is 0.810. The standard InChI is InChI=1S/C12H16N2O/c13-12(5-6-12)4-1-10-9-3-8-15-11(9)2-7-14-10/h2,7H,1,3-6,8,13H2. The van der Waals surface area contributed by atoms with E-state index in [-0.39, 0.29) is 5.54 Å². The smallest absolute Gasteiger partial charge is 0.125 e. The van der Waals surface area contributed by atoms with Gasteiger partial charge < -0.3 is 10.5 Å². The molecule has 0 amide bonds. The average molecular weight is 204 g/mol. The highest BCUT2D eigenvalue weighted by Gasteiger charge is 2.37. The number of pyridine rings is 1. The number of nitrogens with two attached hydrogens (primary N) is 1. The molecule has 15 heavy (non-hydrogen) atoms. The van der Waals surface area contributed by atoms with E-state index in [1.807, 2.05) is 12.3 Å². The normalized spacial score (nSPS) is 20.9. The molecule has 1 aromatic heterocycles. The van der Waals surface area contributed by atoms with Crippen LogP contribution in [-0.4, -0.2) is 17.1 Å². The molecular formula is C12H16N2O. The van der Waals surface area contributed by atoms with Crippen molar-refractivity contribution < 1.29 is 4.74 Å². The first-order valence-electron chi connectivity index (χ1n) is 5.65. The molecule has 2 N–H and O–H groups in total. The molecule has 1 aromatic rings. The zero-order valence-corrected chi connectivity index (χ0v) is 8.83. The third kappa shape index (κ3) is 1.72. The van der Waals surface area contributed by atoms with Gasteiger partial charge in [-0.05, 0) is 31.7 Å². The van der Waals surface area contributed by atoms with Gasteiger partial charge in [0.15, 0.2) is 0 Å². The van der Waals surface area contributed by atoms with Crippen molar-refractivity contribution >= 4 is 0 Å². The predicted octanol–water partition coefficient (Wildman–Crippen LogP) is 1.44. The summed E-state index contributed by atoms with van der Waals surface area (Å²) in [5.74, 6) is 1.03. The van der Waals surface area contributed by atoms with Crippen LogP contribution >= 0.6 is 0 Å². The molecule has 0 spiro atoms. The van der Waals surface area contributed by atoms with Crippen molar-refractivity contribution in [1.82, 2.24) is 4.98 Å². The van der Waals surface area contributed by atoms with E-state index in [0.717, 1.165) is 31.6 Å². The number of aryl methyl sites for hydroxylation is 1. The largest absolute Gasteiger partial charge is 0.493 e. The highest BCUT2D eigenvalue weighted by molar-refractivity contribution is 5.39. The van der Waals surface area contributed by atoms with Gasteiger partial charge in [0.2, 0.25) is 0 Å². The summed E-state index contributed by atoms with van der Waals surface area (Å²) in [5.41, 5.74) is 8.71. The zero-order chi connectivity index (χ0) is 10.3. The van der Waals surface area contributed by atoms with Gasteiger partial charge >= 0.3 is 0 Å². The number of rotatable bonds is 3. The van der Waals surface area contributed by atoms with Gasteiger partial charge in [-0.1, -0.05) is 0 Å². The number of hydrogen-bond acceptors (Lipinski definition) is 3. The molecule has 80 valence electrons. The molecule has 0 atom stereocenters. The molecule has 3 heteroatoms. The molecule has 3 nitrogen and oxygen atoms in total. The Labute approximate surface area is 89.6 Å². The second kappa shape index (κ2) is 3.20. The topological polar surface area (TPSA) is 48.1 Å². The summed E-state index contributed by atoms with van der Waals surface area (Å²) < 4.78 is 5.52. The van der Waals surface area contributed by atoms with Gasteiger partial charge in [-0.15, -0.1) is 0 Å². The molecule has 0 aromatic carbocycles. The number of fused-ring (bicyclic) bond motifs is 1. The van der Waals surface area contributed by atoms with Gasteiger partial charge in [-0.3, -0.25) is 4.98 Å². The highest BCUT2D eigenvalue weighted by atomic mass is 16.5. The maximum atomic E-state index is 6.08. The van der Waals surface area contributed by atoms with Crippen LogP contribution in [0.2, 0.25) is 0 Å². The molecule has 1 saturated carbocycles. The van der Waals surface area contributed by atoms with Crippen molar-refractivity contribution in [2.75, 3.05) is 6.61 Å².